The summed E-state index contributed by atoms with van der Waals surface area (Å²) in [6, 6.07) is 1.05. The molecule has 98 valence electrons. The molecule has 0 atom stereocenters. The van der Waals surface area contributed by atoms with Crippen molar-refractivity contribution in [2.24, 2.45) is 0 Å². The van der Waals surface area contributed by atoms with E-state index in [4.69, 9.17) is 5.73 Å². The molecule has 0 spiro atoms. The molecule has 0 fully saturated rings. The molecule has 0 aliphatic rings. The first-order chi connectivity index (χ1) is 7.79. The molecule has 0 unspecified atom stereocenters. The second-order valence-electron chi connectivity index (χ2n) is 3.29. The van der Waals surface area contributed by atoms with Crippen LogP contribution < -0.4 is 5.73 Å². The summed E-state index contributed by atoms with van der Waals surface area (Å²) in [5, 5.41) is 0. The minimum atomic E-state index is -4.54. The maximum atomic E-state index is 13.2. The Labute approximate surface area is 98.6 Å². The third-order valence-corrected chi connectivity index (χ3v) is 2.27. The van der Waals surface area contributed by atoms with Gasteiger partial charge in [-0.1, -0.05) is 20.8 Å². The van der Waals surface area contributed by atoms with E-state index in [9.17, 15) is 17.6 Å². The van der Waals surface area contributed by atoms with Crippen LogP contribution in [0.4, 0.5) is 23.2 Å². The molecule has 1 nitrogen and oxygen atoms in total. The van der Waals surface area contributed by atoms with Crippen molar-refractivity contribution in [2.75, 3.05) is 5.73 Å². The lowest BCUT2D eigenvalue weighted by Gasteiger charge is -2.16. The fraction of sp³-hybridized carbons (Fsp3) is 0.500. The third kappa shape index (κ3) is 3.35. The molecule has 0 aliphatic carbocycles. The minimum Gasteiger partial charge on any atom is -0.396 e. The molecule has 0 amide bonds. The van der Waals surface area contributed by atoms with Gasteiger partial charge >= 0.3 is 6.18 Å². The summed E-state index contributed by atoms with van der Waals surface area (Å²) < 4.78 is 51.0. The van der Waals surface area contributed by atoms with Crippen LogP contribution in [0.3, 0.4) is 0 Å². The predicted molar refractivity (Wildman–Crippen MR) is 61.3 cm³/mol. The van der Waals surface area contributed by atoms with Gasteiger partial charge in [0.25, 0.3) is 0 Å². The van der Waals surface area contributed by atoms with Gasteiger partial charge in [-0.15, -0.1) is 0 Å². The summed E-state index contributed by atoms with van der Waals surface area (Å²) in [5.41, 5.74) is 3.72. The van der Waals surface area contributed by atoms with Gasteiger partial charge in [0.05, 0.1) is 11.3 Å². The van der Waals surface area contributed by atoms with Crippen LogP contribution in [-0.2, 0) is 12.6 Å². The van der Waals surface area contributed by atoms with Gasteiger partial charge in [0.2, 0.25) is 0 Å². The number of rotatable bonds is 1. The average Bonchev–Trinajstić information content (AvgIpc) is 2.26. The molecule has 0 radical (unpaired) electrons. The average molecular weight is 251 g/mol. The number of anilines is 1. The van der Waals surface area contributed by atoms with E-state index in [-0.39, 0.29) is 17.7 Å². The van der Waals surface area contributed by atoms with Crippen molar-refractivity contribution in [3.8, 4) is 0 Å². The lowest BCUT2D eigenvalue weighted by molar-refractivity contribution is -0.138. The zero-order valence-corrected chi connectivity index (χ0v) is 10.4. The van der Waals surface area contributed by atoms with Crippen molar-refractivity contribution >= 4 is 5.69 Å². The summed E-state index contributed by atoms with van der Waals surface area (Å²) in [4.78, 5) is 0. The van der Waals surface area contributed by atoms with Crippen LogP contribution in [0, 0.1) is 12.7 Å². The first-order valence-corrected chi connectivity index (χ1v) is 5.43. The van der Waals surface area contributed by atoms with Gasteiger partial charge in [-0.05, 0) is 30.5 Å². The highest BCUT2D eigenvalue weighted by molar-refractivity contribution is 5.52. The summed E-state index contributed by atoms with van der Waals surface area (Å²) in [6.07, 6.45) is -4.37. The lowest BCUT2D eigenvalue weighted by Crippen LogP contribution is -2.14. The fourth-order valence-electron chi connectivity index (χ4n) is 1.56. The number of benzene rings is 1. The zero-order chi connectivity index (χ0) is 13.8. The Kier molecular flexibility index (Phi) is 5.45. The van der Waals surface area contributed by atoms with Gasteiger partial charge in [-0.25, -0.2) is 4.39 Å². The second-order valence-corrected chi connectivity index (χ2v) is 3.29. The van der Waals surface area contributed by atoms with Crippen LogP contribution >= 0.6 is 0 Å². The maximum absolute atomic E-state index is 13.2. The number of nitrogens with two attached hydrogens (primary N) is 1. The van der Waals surface area contributed by atoms with Gasteiger partial charge in [0, 0.05) is 0 Å². The van der Waals surface area contributed by atoms with Crippen molar-refractivity contribution < 1.29 is 17.6 Å². The molecular weight excluding hydrogens is 234 g/mol. The lowest BCUT2D eigenvalue weighted by atomic mass is 9.98. The SMILES string of the molecule is CC.CCc1cc(N)c(F)c(C)c1C(F)(F)F. The second kappa shape index (κ2) is 5.89. The quantitative estimate of drug-likeness (QED) is 0.583. The van der Waals surface area contributed by atoms with Crippen molar-refractivity contribution in [2.45, 2.75) is 40.3 Å². The normalized spacial score (nSPS) is 10.8. The molecule has 2 N–H and O–H groups in total. The minimum absolute atomic E-state index is 0.0268. The first kappa shape index (κ1) is 15.7. The summed E-state index contributed by atoms with van der Waals surface area (Å²) in [7, 11) is 0. The fourth-order valence-corrected chi connectivity index (χ4v) is 1.56. The molecule has 0 saturated heterocycles. The Morgan fingerprint density at radius 2 is 1.71 bits per heavy atom. The molecule has 0 bridgehead atoms. The molecule has 0 heterocycles. The molecule has 17 heavy (non-hydrogen) atoms. The summed E-state index contributed by atoms with van der Waals surface area (Å²) >= 11 is 0. The van der Waals surface area contributed by atoms with Gasteiger partial charge in [-0.3, -0.25) is 0 Å². The maximum Gasteiger partial charge on any atom is 0.417 e. The highest BCUT2D eigenvalue weighted by Gasteiger charge is 2.36. The van der Waals surface area contributed by atoms with Gasteiger partial charge in [0.15, 0.2) is 0 Å². The van der Waals surface area contributed by atoms with Crippen LogP contribution in [0.25, 0.3) is 0 Å². The Bertz CT molecular complexity index is 383. The van der Waals surface area contributed by atoms with E-state index in [1.807, 2.05) is 13.8 Å². The molecule has 0 saturated carbocycles. The van der Waals surface area contributed by atoms with Crippen LogP contribution in [0.1, 0.15) is 37.5 Å². The van der Waals surface area contributed by atoms with E-state index >= 15 is 0 Å². The monoisotopic (exact) mass is 251 g/mol. The first-order valence-electron chi connectivity index (χ1n) is 5.43. The number of hydrogen-bond donors (Lipinski definition) is 1. The number of alkyl halides is 3. The van der Waals surface area contributed by atoms with Crippen LogP contribution in [-0.4, -0.2) is 0 Å². The topological polar surface area (TPSA) is 26.0 Å². The Morgan fingerprint density at radius 3 is 2.06 bits per heavy atom. The van der Waals surface area contributed by atoms with Crippen LogP contribution in [0.15, 0.2) is 6.07 Å². The molecule has 0 aliphatic heterocycles. The molecule has 5 heteroatoms. The third-order valence-electron chi connectivity index (χ3n) is 2.27. The molecule has 1 aromatic carbocycles. The number of hydrogen-bond acceptors (Lipinski definition) is 1. The predicted octanol–water partition coefficient (Wildman–Crippen LogP) is 4.32. The van der Waals surface area contributed by atoms with Crippen molar-refractivity contribution in [1.29, 1.82) is 0 Å². The number of halogens is 4. The standard InChI is InChI=1S/C10H11F4N.C2H6/c1-3-6-4-7(15)9(11)5(2)8(6)10(12,13)14;1-2/h4H,3,15H2,1-2H3;1-2H3. The Balaban J connectivity index is 0.00000121. The van der Waals surface area contributed by atoms with Crippen LogP contribution in [0.5, 0.6) is 0 Å². The van der Waals surface area contributed by atoms with E-state index < -0.39 is 23.1 Å². The van der Waals surface area contributed by atoms with E-state index in [1.54, 1.807) is 6.92 Å². The summed E-state index contributed by atoms with van der Waals surface area (Å²) in [5.74, 6) is -0.987. The highest BCUT2D eigenvalue weighted by Crippen LogP contribution is 2.37. The molecular formula is C12H17F4N. The Morgan fingerprint density at radius 1 is 1.24 bits per heavy atom. The van der Waals surface area contributed by atoms with E-state index in [2.05, 4.69) is 0 Å². The van der Waals surface area contributed by atoms with Gasteiger partial charge < -0.3 is 5.73 Å². The Hall–Kier alpha value is -1.26. The van der Waals surface area contributed by atoms with Crippen molar-refractivity contribution in [3.63, 3.8) is 0 Å². The van der Waals surface area contributed by atoms with Crippen molar-refractivity contribution in [3.05, 3.63) is 28.6 Å². The highest BCUT2D eigenvalue weighted by atomic mass is 19.4. The largest absolute Gasteiger partial charge is 0.417 e. The zero-order valence-electron chi connectivity index (χ0n) is 10.4. The van der Waals surface area contributed by atoms with E-state index in [0.717, 1.165) is 13.0 Å². The van der Waals surface area contributed by atoms with Crippen molar-refractivity contribution in [1.82, 2.24) is 0 Å². The number of nitrogen functional groups attached to an aromatic ring is 1. The smallest absolute Gasteiger partial charge is 0.396 e. The molecule has 1 rings (SSSR count). The van der Waals surface area contributed by atoms with E-state index in [0.29, 0.717) is 0 Å². The summed E-state index contributed by atoms with van der Waals surface area (Å²) in [6.45, 7) is 6.66. The molecule has 0 aromatic heterocycles. The number of aryl methyl sites for hydroxylation is 1. The van der Waals surface area contributed by atoms with Crippen LogP contribution in [0.2, 0.25) is 0 Å². The van der Waals surface area contributed by atoms with E-state index in [1.165, 1.54) is 0 Å². The van der Waals surface area contributed by atoms with Gasteiger partial charge in [-0.2, -0.15) is 13.2 Å². The molecule has 1 aromatic rings. The van der Waals surface area contributed by atoms with Gasteiger partial charge in [0.1, 0.15) is 5.82 Å².